The molecule has 146 valence electrons. The first kappa shape index (κ1) is 19.0. The summed E-state index contributed by atoms with van der Waals surface area (Å²) in [6, 6.07) is 18.2. The number of rotatable bonds is 4. The second-order valence-electron chi connectivity index (χ2n) is 7.64. The van der Waals surface area contributed by atoms with Gasteiger partial charge >= 0.3 is 0 Å². The molecule has 0 bridgehead atoms. The van der Waals surface area contributed by atoms with Gasteiger partial charge in [0.2, 0.25) is 6.35 Å². The van der Waals surface area contributed by atoms with Gasteiger partial charge in [0.15, 0.2) is 0 Å². The van der Waals surface area contributed by atoms with E-state index in [4.69, 9.17) is 11.6 Å². The molecule has 1 atom stereocenters. The second-order valence-corrected chi connectivity index (χ2v) is 8.05. The lowest BCUT2D eigenvalue weighted by atomic mass is 9.76. The van der Waals surface area contributed by atoms with Gasteiger partial charge in [-0.1, -0.05) is 60.1 Å². The maximum Gasteiger partial charge on any atom is 0.252 e. The number of benzene rings is 2. The van der Waals surface area contributed by atoms with Crippen LogP contribution in [0.1, 0.15) is 42.7 Å². The summed E-state index contributed by atoms with van der Waals surface area (Å²) in [7, 11) is 0. The maximum absolute atomic E-state index is 12.6. The molecule has 0 spiro atoms. The monoisotopic (exact) mass is 396 g/mol. The lowest BCUT2D eigenvalue weighted by Crippen LogP contribution is -2.52. The molecule has 0 saturated heterocycles. The zero-order valence-electron chi connectivity index (χ0n) is 15.7. The fourth-order valence-electron chi connectivity index (χ4n) is 4.42. The van der Waals surface area contributed by atoms with Gasteiger partial charge in [0.25, 0.3) is 5.91 Å². The molecule has 0 radical (unpaired) electrons. The number of halogens is 1. The molecule has 1 heterocycles. The predicted octanol–water partition coefficient (Wildman–Crippen LogP) is 4.11. The molecule has 2 aromatic rings. The predicted molar refractivity (Wildman–Crippen MR) is 111 cm³/mol. The highest BCUT2D eigenvalue weighted by Crippen LogP contribution is 2.39. The standard InChI is InChI=1S/C23H25ClN2O2/c24-20-9-5-4-8-18(20)14-19-21(25-23(28)26-22(19)27)17-12-10-16(11-13-17)15-6-2-1-3-7-15/h1-9,16-17,23,25,28H,10-14H2,(H,26,27). The molecule has 0 aromatic heterocycles. The molecule has 1 aliphatic carbocycles. The van der Waals surface area contributed by atoms with Crippen molar-refractivity contribution in [1.82, 2.24) is 10.6 Å². The van der Waals surface area contributed by atoms with E-state index < -0.39 is 6.35 Å². The third-order valence-electron chi connectivity index (χ3n) is 5.89. The zero-order chi connectivity index (χ0) is 19.5. The van der Waals surface area contributed by atoms with Gasteiger partial charge in [0, 0.05) is 22.7 Å². The van der Waals surface area contributed by atoms with Crippen molar-refractivity contribution in [2.45, 2.75) is 44.4 Å². The molecule has 4 rings (SSSR count). The average Bonchev–Trinajstić information content (AvgIpc) is 2.72. The summed E-state index contributed by atoms with van der Waals surface area (Å²) in [4.78, 5) is 12.6. The highest BCUT2D eigenvalue weighted by Gasteiger charge is 2.32. The molecule has 2 aliphatic rings. The third kappa shape index (κ3) is 4.08. The highest BCUT2D eigenvalue weighted by molar-refractivity contribution is 6.31. The van der Waals surface area contributed by atoms with Crippen LogP contribution in [0.5, 0.6) is 0 Å². The largest absolute Gasteiger partial charge is 0.356 e. The summed E-state index contributed by atoms with van der Waals surface area (Å²) in [5, 5.41) is 16.4. The highest BCUT2D eigenvalue weighted by atomic mass is 35.5. The molecule has 1 unspecified atom stereocenters. The minimum atomic E-state index is -1.04. The normalized spacial score (nSPS) is 25.2. The van der Waals surface area contributed by atoms with Crippen molar-refractivity contribution >= 4 is 17.5 Å². The van der Waals surface area contributed by atoms with Crippen molar-refractivity contribution in [3.05, 3.63) is 82.0 Å². The second kappa shape index (κ2) is 8.38. The van der Waals surface area contributed by atoms with Gasteiger partial charge in [-0.05, 0) is 54.7 Å². The zero-order valence-corrected chi connectivity index (χ0v) is 16.5. The fourth-order valence-corrected chi connectivity index (χ4v) is 4.62. The smallest absolute Gasteiger partial charge is 0.252 e. The van der Waals surface area contributed by atoms with Gasteiger partial charge in [-0.25, -0.2) is 0 Å². The molecule has 1 amide bonds. The van der Waals surface area contributed by atoms with Crippen LogP contribution in [-0.2, 0) is 11.2 Å². The number of amides is 1. The summed E-state index contributed by atoms with van der Waals surface area (Å²) in [5.41, 5.74) is 3.87. The number of hydrogen-bond donors (Lipinski definition) is 3. The van der Waals surface area contributed by atoms with Gasteiger partial charge in [0.1, 0.15) is 0 Å². The molecule has 1 saturated carbocycles. The number of allylic oxidation sites excluding steroid dienone is 1. The molecular formula is C23H25ClN2O2. The van der Waals surface area contributed by atoms with E-state index in [1.165, 1.54) is 5.56 Å². The first-order valence-electron chi connectivity index (χ1n) is 9.88. The Labute approximate surface area is 170 Å². The van der Waals surface area contributed by atoms with Crippen molar-refractivity contribution in [2.75, 3.05) is 0 Å². The molecule has 4 nitrogen and oxygen atoms in total. The van der Waals surface area contributed by atoms with Crippen molar-refractivity contribution in [3.63, 3.8) is 0 Å². The van der Waals surface area contributed by atoms with E-state index in [9.17, 15) is 9.90 Å². The van der Waals surface area contributed by atoms with Gasteiger partial charge < -0.3 is 15.7 Å². The molecule has 1 aliphatic heterocycles. The number of aliphatic hydroxyl groups is 1. The van der Waals surface area contributed by atoms with Gasteiger partial charge in [-0.2, -0.15) is 0 Å². The minimum Gasteiger partial charge on any atom is -0.356 e. The summed E-state index contributed by atoms with van der Waals surface area (Å²) >= 11 is 6.32. The van der Waals surface area contributed by atoms with Gasteiger partial charge in [-0.3, -0.25) is 4.79 Å². The first-order valence-corrected chi connectivity index (χ1v) is 10.3. The fraction of sp³-hybridized carbons (Fsp3) is 0.348. The summed E-state index contributed by atoms with van der Waals surface area (Å²) in [6.45, 7) is 0. The number of carbonyl (C=O) groups excluding carboxylic acids is 1. The Morgan fingerprint density at radius 2 is 1.54 bits per heavy atom. The minimum absolute atomic E-state index is 0.216. The van der Waals surface area contributed by atoms with Crippen LogP contribution in [0.4, 0.5) is 0 Å². The van der Waals surface area contributed by atoms with Crippen LogP contribution in [0.25, 0.3) is 0 Å². The van der Waals surface area contributed by atoms with Crippen LogP contribution in [-0.4, -0.2) is 17.4 Å². The number of carbonyl (C=O) groups is 1. The van der Waals surface area contributed by atoms with Crippen molar-refractivity contribution in [2.24, 2.45) is 5.92 Å². The Hall–Kier alpha value is -2.30. The van der Waals surface area contributed by atoms with E-state index in [1.54, 1.807) is 0 Å². The summed E-state index contributed by atoms with van der Waals surface area (Å²) in [5.74, 6) is 0.594. The lowest BCUT2D eigenvalue weighted by molar-refractivity contribution is -0.122. The van der Waals surface area contributed by atoms with Crippen LogP contribution in [0, 0.1) is 5.92 Å². The van der Waals surface area contributed by atoms with Crippen molar-refractivity contribution < 1.29 is 9.90 Å². The molecule has 28 heavy (non-hydrogen) atoms. The Bertz CT molecular complexity index is 873. The van der Waals surface area contributed by atoms with Crippen LogP contribution < -0.4 is 10.6 Å². The molecule has 3 N–H and O–H groups in total. The number of aliphatic hydroxyl groups excluding tert-OH is 1. The van der Waals surface area contributed by atoms with Crippen LogP contribution >= 0.6 is 11.6 Å². The van der Waals surface area contributed by atoms with Crippen LogP contribution in [0.3, 0.4) is 0 Å². The molecule has 1 fully saturated rings. The average molecular weight is 397 g/mol. The topological polar surface area (TPSA) is 61.4 Å². The van der Waals surface area contributed by atoms with E-state index in [0.717, 1.165) is 36.9 Å². The maximum atomic E-state index is 12.6. The Morgan fingerprint density at radius 1 is 0.893 bits per heavy atom. The van der Waals surface area contributed by atoms with Crippen LogP contribution in [0.2, 0.25) is 5.02 Å². The molecule has 2 aromatic carbocycles. The van der Waals surface area contributed by atoms with Gasteiger partial charge in [0.05, 0.1) is 0 Å². The van der Waals surface area contributed by atoms with Gasteiger partial charge in [-0.15, -0.1) is 0 Å². The Balaban J connectivity index is 1.56. The quantitative estimate of drug-likeness (QED) is 0.728. The number of nitrogens with one attached hydrogen (secondary N) is 2. The lowest BCUT2D eigenvalue weighted by Gasteiger charge is -2.35. The van der Waals surface area contributed by atoms with Crippen LogP contribution in [0.15, 0.2) is 65.9 Å². The number of hydrogen-bond acceptors (Lipinski definition) is 3. The van der Waals surface area contributed by atoms with E-state index >= 15 is 0 Å². The van der Waals surface area contributed by atoms with E-state index in [0.29, 0.717) is 22.9 Å². The Kier molecular flexibility index (Phi) is 5.69. The SMILES string of the molecule is O=C1NC(O)NC(C2CCC(c3ccccc3)CC2)=C1Cc1ccccc1Cl. The van der Waals surface area contributed by atoms with E-state index in [-0.39, 0.29) is 11.8 Å². The van der Waals surface area contributed by atoms with E-state index in [2.05, 4.69) is 34.9 Å². The summed E-state index contributed by atoms with van der Waals surface area (Å²) < 4.78 is 0. The van der Waals surface area contributed by atoms with E-state index in [1.807, 2.05) is 30.3 Å². The molecule has 5 heteroatoms. The first-order chi connectivity index (χ1) is 13.6. The van der Waals surface area contributed by atoms with Crippen molar-refractivity contribution in [3.8, 4) is 0 Å². The summed E-state index contributed by atoms with van der Waals surface area (Å²) in [6.07, 6.45) is 3.57. The molecular weight excluding hydrogens is 372 g/mol. The Morgan fingerprint density at radius 3 is 2.25 bits per heavy atom. The third-order valence-corrected chi connectivity index (χ3v) is 6.26. The van der Waals surface area contributed by atoms with Crippen molar-refractivity contribution in [1.29, 1.82) is 0 Å².